The van der Waals surface area contributed by atoms with Crippen molar-refractivity contribution in [3.63, 3.8) is 0 Å². The minimum Gasteiger partial charge on any atom is -0.375 e. The van der Waals surface area contributed by atoms with Crippen LogP contribution in [-0.2, 0) is 6.42 Å². The number of aromatic nitrogens is 2. The number of hydrogen-bond donors (Lipinski definition) is 1. The highest BCUT2D eigenvalue weighted by Crippen LogP contribution is 2.24. The van der Waals surface area contributed by atoms with Crippen molar-refractivity contribution in [1.29, 1.82) is 0 Å². The molecule has 6 heteroatoms. The van der Waals surface area contributed by atoms with E-state index in [0.717, 1.165) is 39.9 Å². The topological polar surface area (TPSA) is 54.9 Å². The number of ketones is 1. The summed E-state index contributed by atoms with van der Waals surface area (Å²) in [5.74, 6) is 0.0632. The van der Waals surface area contributed by atoms with Gasteiger partial charge in [-0.3, -0.25) is 4.79 Å². The van der Waals surface area contributed by atoms with Gasteiger partial charge in [-0.2, -0.15) is 4.37 Å². The van der Waals surface area contributed by atoms with E-state index in [1.165, 1.54) is 11.5 Å². The molecule has 96 valence electrons. The normalized spacial score (nSPS) is 10.6. The zero-order valence-corrected chi connectivity index (χ0v) is 12.2. The van der Waals surface area contributed by atoms with Gasteiger partial charge in [0.15, 0.2) is 5.78 Å². The molecule has 0 saturated carbocycles. The van der Waals surface area contributed by atoms with Crippen molar-refractivity contribution in [1.82, 2.24) is 9.36 Å². The molecule has 0 atom stereocenters. The van der Waals surface area contributed by atoms with Crippen LogP contribution in [0.25, 0.3) is 0 Å². The quantitative estimate of drug-likeness (QED) is 0.856. The molecule has 0 fully saturated rings. The van der Waals surface area contributed by atoms with Gasteiger partial charge < -0.3 is 5.32 Å². The van der Waals surface area contributed by atoms with Crippen molar-refractivity contribution in [3.8, 4) is 0 Å². The van der Waals surface area contributed by atoms with Crippen LogP contribution in [0, 0.1) is 13.8 Å². The Morgan fingerprint density at radius 2 is 2.22 bits per heavy atom. The number of rotatable bonds is 5. The standard InChI is InChI=1S/C12H15N3OS2/c1-7-11(8(2)16)12(18-15-7)13-5-4-10-6-17-9(3)14-10/h6,13H,4-5H2,1-3H3. The summed E-state index contributed by atoms with van der Waals surface area (Å²) in [6.07, 6.45) is 0.860. The molecule has 0 unspecified atom stereocenters. The third kappa shape index (κ3) is 2.94. The average Bonchev–Trinajstić information content (AvgIpc) is 2.86. The molecule has 2 rings (SSSR count). The van der Waals surface area contributed by atoms with E-state index in [2.05, 4.69) is 20.1 Å². The molecule has 0 aliphatic heterocycles. The fourth-order valence-electron chi connectivity index (χ4n) is 1.73. The molecule has 0 aliphatic rings. The first-order chi connectivity index (χ1) is 8.58. The Morgan fingerprint density at radius 1 is 1.44 bits per heavy atom. The van der Waals surface area contributed by atoms with E-state index >= 15 is 0 Å². The molecule has 0 aromatic carbocycles. The second-order valence-electron chi connectivity index (χ2n) is 4.06. The smallest absolute Gasteiger partial charge is 0.164 e. The predicted octanol–water partition coefficient (Wildman–Crippen LogP) is 3.07. The van der Waals surface area contributed by atoms with Crippen LogP contribution in [0.2, 0.25) is 0 Å². The van der Waals surface area contributed by atoms with Crippen LogP contribution in [0.5, 0.6) is 0 Å². The van der Waals surface area contributed by atoms with E-state index in [-0.39, 0.29) is 5.78 Å². The summed E-state index contributed by atoms with van der Waals surface area (Å²) in [6.45, 7) is 6.21. The number of nitrogens with zero attached hydrogens (tertiary/aromatic N) is 2. The van der Waals surface area contributed by atoms with Gasteiger partial charge >= 0.3 is 0 Å². The third-order valence-corrected chi connectivity index (χ3v) is 4.27. The van der Waals surface area contributed by atoms with Crippen molar-refractivity contribution >= 4 is 33.7 Å². The number of anilines is 1. The Bertz CT molecular complexity index is 559. The number of thiazole rings is 1. The fraction of sp³-hybridized carbons (Fsp3) is 0.417. The van der Waals surface area contributed by atoms with Crippen molar-refractivity contribution in [2.75, 3.05) is 11.9 Å². The molecule has 0 amide bonds. The molecular formula is C12H15N3OS2. The van der Waals surface area contributed by atoms with Gasteiger partial charge in [-0.15, -0.1) is 11.3 Å². The van der Waals surface area contributed by atoms with Crippen LogP contribution in [0.4, 0.5) is 5.00 Å². The van der Waals surface area contributed by atoms with E-state index < -0.39 is 0 Å². The Hall–Kier alpha value is -1.27. The molecule has 2 aromatic heterocycles. The number of carbonyl (C=O) groups is 1. The highest BCUT2D eigenvalue weighted by atomic mass is 32.1. The first-order valence-electron chi connectivity index (χ1n) is 5.70. The first kappa shape index (κ1) is 13.2. The Labute approximate surface area is 114 Å². The largest absolute Gasteiger partial charge is 0.375 e. The maximum atomic E-state index is 11.5. The number of nitrogens with one attached hydrogen (secondary N) is 1. The summed E-state index contributed by atoms with van der Waals surface area (Å²) in [4.78, 5) is 15.9. The lowest BCUT2D eigenvalue weighted by Crippen LogP contribution is -2.07. The van der Waals surface area contributed by atoms with Crippen LogP contribution >= 0.6 is 22.9 Å². The second-order valence-corrected chi connectivity index (χ2v) is 5.90. The summed E-state index contributed by atoms with van der Waals surface area (Å²) in [6, 6.07) is 0. The zero-order chi connectivity index (χ0) is 13.1. The molecule has 2 heterocycles. The number of hydrogen-bond acceptors (Lipinski definition) is 6. The number of aryl methyl sites for hydroxylation is 2. The molecule has 18 heavy (non-hydrogen) atoms. The summed E-state index contributed by atoms with van der Waals surface area (Å²) >= 11 is 3.01. The van der Waals surface area contributed by atoms with Gasteiger partial charge in [-0.25, -0.2) is 4.98 Å². The molecular weight excluding hydrogens is 266 g/mol. The van der Waals surface area contributed by atoms with Crippen molar-refractivity contribution in [2.45, 2.75) is 27.2 Å². The molecule has 0 bridgehead atoms. The number of Topliss-reactive ketones (excluding diaryl/α,β-unsaturated/α-hetero) is 1. The van der Waals surface area contributed by atoms with E-state index in [1.807, 2.05) is 13.8 Å². The Kier molecular flexibility index (Phi) is 4.08. The highest BCUT2D eigenvalue weighted by Gasteiger charge is 2.14. The maximum absolute atomic E-state index is 11.5. The molecule has 1 N–H and O–H groups in total. The van der Waals surface area contributed by atoms with Crippen LogP contribution in [0.3, 0.4) is 0 Å². The van der Waals surface area contributed by atoms with E-state index in [1.54, 1.807) is 18.3 Å². The molecule has 0 spiro atoms. The van der Waals surface area contributed by atoms with Gasteiger partial charge in [0.2, 0.25) is 0 Å². The van der Waals surface area contributed by atoms with Gasteiger partial charge in [0, 0.05) is 18.3 Å². The SMILES string of the molecule is CC(=O)c1c(C)nsc1NCCc1csc(C)n1. The van der Waals surface area contributed by atoms with Crippen molar-refractivity contribution in [3.05, 3.63) is 27.3 Å². The maximum Gasteiger partial charge on any atom is 0.164 e. The van der Waals surface area contributed by atoms with Crippen LogP contribution in [0.1, 0.15) is 33.7 Å². The molecule has 0 saturated heterocycles. The minimum atomic E-state index is 0.0632. The Balaban J connectivity index is 1.96. The van der Waals surface area contributed by atoms with E-state index in [0.29, 0.717) is 0 Å². The predicted molar refractivity (Wildman–Crippen MR) is 75.9 cm³/mol. The van der Waals surface area contributed by atoms with Gasteiger partial charge in [-0.1, -0.05) is 0 Å². The van der Waals surface area contributed by atoms with Crippen LogP contribution in [0.15, 0.2) is 5.38 Å². The third-order valence-electron chi connectivity index (χ3n) is 2.55. The molecule has 0 radical (unpaired) electrons. The van der Waals surface area contributed by atoms with Crippen molar-refractivity contribution < 1.29 is 4.79 Å². The first-order valence-corrected chi connectivity index (χ1v) is 7.35. The van der Waals surface area contributed by atoms with Crippen LogP contribution < -0.4 is 5.32 Å². The van der Waals surface area contributed by atoms with E-state index in [4.69, 9.17) is 0 Å². The summed E-state index contributed by atoms with van der Waals surface area (Å²) < 4.78 is 4.21. The monoisotopic (exact) mass is 281 g/mol. The molecule has 0 aliphatic carbocycles. The van der Waals surface area contributed by atoms with E-state index in [9.17, 15) is 4.79 Å². The lowest BCUT2D eigenvalue weighted by molar-refractivity contribution is 0.101. The lowest BCUT2D eigenvalue weighted by atomic mass is 10.2. The fourth-order valence-corrected chi connectivity index (χ4v) is 3.25. The molecule has 4 nitrogen and oxygen atoms in total. The van der Waals surface area contributed by atoms with Gasteiger partial charge in [-0.05, 0) is 32.3 Å². The summed E-state index contributed by atoms with van der Waals surface area (Å²) in [7, 11) is 0. The van der Waals surface area contributed by atoms with Gasteiger partial charge in [0.25, 0.3) is 0 Å². The average molecular weight is 281 g/mol. The Morgan fingerprint density at radius 3 is 2.83 bits per heavy atom. The second kappa shape index (κ2) is 5.58. The lowest BCUT2D eigenvalue weighted by Gasteiger charge is -2.03. The number of carbonyl (C=O) groups excluding carboxylic acids is 1. The zero-order valence-electron chi connectivity index (χ0n) is 10.6. The summed E-state index contributed by atoms with van der Waals surface area (Å²) in [5.41, 5.74) is 2.62. The molecule has 2 aromatic rings. The minimum absolute atomic E-state index is 0.0632. The van der Waals surface area contributed by atoms with Gasteiger partial charge in [0.05, 0.1) is 22.0 Å². The highest BCUT2D eigenvalue weighted by molar-refractivity contribution is 7.10. The van der Waals surface area contributed by atoms with Crippen molar-refractivity contribution in [2.24, 2.45) is 0 Å². The van der Waals surface area contributed by atoms with Crippen LogP contribution in [-0.4, -0.2) is 21.7 Å². The van der Waals surface area contributed by atoms with Gasteiger partial charge in [0.1, 0.15) is 5.00 Å². The summed E-state index contributed by atoms with van der Waals surface area (Å²) in [5, 5.41) is 7.30.